The van der Waals surface area contributed by atoms with E-state index in [4.69, 9.17) is 0 Å². The number of Topliss-reactive ketones (excluding diaryl/α,β-unsaturated/α-hetero) is 1. The van der Waals surface area contributed by atoms with Gasteiger partial charge in [-0.3, -0.25) is 4.79 Å². The van der Waals surface area contributed by atoms with Crippen molar-refractivity contribution in [3.05, 3.63) is 12.7 Å². The molecule has 0 fully saturated rings. The molecule has 0 aliphatic carbocycles. The third-order valence-electron chi connectivity index (χ3n) is 1.01. The first-order chi connectivity index (χ1) is 4.31. The fourth-order valence-corrected chi connectivity index (χ4v) is 0.791. The first-order valence-electron chi connectivity index (χ1n) is 2.99. The number of unbranched alkanes of at least 4 members (excludes halogenated alkanes) is 1. The van der Waals surface area contributed by atoms with Crippen molar-refractivity contribution < 1.29 is 4.79 Å². The van der Waals surface area contributed by atoms with Gasteiger partial charge in [0.05, 0.1) is 5.33 Å². The summed E-state index contributed by atoms with van der Waals surface area (Å²) >= 11 is 3.09. The lowest BCUT2D eigenvalue weighted by Crippen LogP contribution is -1.96. The van der Waals surface area contributed by atoms with Crippen molar-refractivity contribution in [1.29, 1.82) is 0 Å². The van der Waals surface area contributed by atoms with Gasteiger partial charge in [-0.05, 0) is 12.8 Å². The summed E-state index contributed by atoms with van der Waals surface area (Å²) < 4.78 is 0. The molecule has 0 saturated heterocycles. The quantitative estimate of drug-likeness (QED) is 0.370. The molecular formula is C7H11BrO. The molecule has 1 nitrogen and oxygen atoms in total. The molecule has 0 aliphatic rings. The highest BCUT2D eigenvalue weighted by molar-refractivity contribution is 9.09. The lowest BCUT2D eigenvalue weighted by atomic mass is 10.2. The van der Waals surface area contributed by atoms with Crippen LogP contribution in [0.5, 0.6) is 0 Å². The van der Waals surface area contributed by atoms with Crippen LogP contribution in [0.1, 0.15) is 19.3 Å². The van der Waals surface area contributed by atoms with Crippen molar-refractivity contribution >= 4 is 21.7 Å². The van der Waals surface area contributed by atoms with E-state index in [0.717, 1.165) is 12.8 Å². The summed E-state index contributed by atoms with van der Waals surface area (Å²) in [5.41, 5.74) is 0. The molecule has 0 aromatic heterocycles. The zero-order valence-corrected chi connectivity index (χ0v) is 6.99. The molecule has 0 atom stereocenters. The van der Waals surface area contributed by atoms with Gasteiger partial charge < -0.3 is 0 Å². The Kier molecular flexibility index (Phi) is 5.94. The first-order valence-corrected chi connectivity index (χ1v) is 4.12. The van der Waals surface area contributed by atoms with Crippen LogP contribution in [0.3, 0.4) is 0 Å². The summed E-state index contributed by atoms with van der Waals surface area (Å²) in [6.45, 7) is 3.56. The highest BCUT2D eigenvalue weighted by Gasteiger charge is 1.95. The van der Waals surface area contributed by atoms with Gasteiger partial charge in [0.25, 0.3) is 0 Å². The van der Waals surface area contributed by atoms with Gasteiger partial charge in [-0.15, -0.1) is 6.58 Å². The predicted octanol–water partition coefficient (Wildman–Crippen LogP) is 2.31. The van der Waals surface area contributed by atoms with Gasteiger partial charge in [-0.1, -0.05) is 22.0 Å². The van der Waals surface area contributed by atoms with E-state index >= 15 is 0 Å². The minimum absolute atomic E-state index is 0.275. The summed E-state index contributed by atoms with van der Waals surface area (Å²) in [6, 6.07) is 0. The molecule has 0 radical (unpaired) electrons. The van der Waals surface area contributed by atoms with E-state index in [2.05, 4.69) is 22.5 Å². The van der Waals surface area contributed by atoms with Crippen molar-refractivity contribution in [2.24, 2.45) is 0 Å². The fourth-order valence-electron chi connectivity index (χ4n) is 0.510. The third-order valence-corrected chi connectivity index (χ3v) is 1.64. The molecular weight excluding hydrogens is 180 g/mol. The summed E-state index contributed by atoms with van der Waals surface area (Å²) in [5, 5.41) is 0.490. The van der Waals surface area contributed by atoms with Crippen molar-refractivity contribution in [2.75, 3.05) is 5.33 Å². The molecule has 2 heteroatoms. The highest BCUT2D eigenvalue weighted by Crippen LogP contribution is 1.98. The SMILES string of the molecule is C=CCCCC(=O)CBr. The van der Waals surface area contributed by atoms with Crippen molar-refractivity contribution in [3.63, 3.8) is 0 Å². The molecule has 0 aromatic carbocycles. The molecule has 0 heterocycles. The molecule has 9 heavy (non-hydrogen) atoms. The molecule has 0 spiro atoms. The maximum Gasteiger partial charge on any atom is 0.143 e. The summed E-state index contributed by atoms with van der Waals surface area (Å²) in [7, 11) is 0. The fraction of sp³-hybridized carbons (Fsp3) is 0.571. The van der Waals surface area contributed by atoms with Gasteiger partial charge in [-0.2, -0.15) is 0 Å². The lowest BCUT2D eigenvalue weighted by Gasteiger charge is -1.91. The molecule has 52 valence electrons. The third kappa shape index (κ3) is 5.77. The predicted molar refractivity (Wildman–Crippen MR) is 42.8 cm³/mol. The van der Waals surface area contributed by atoms with Crippen LogP contribution in [0.4, 0.5) is 0 Å². The first kappa shape index (κ1) is 8.89. The largest absolute Gasteiger partial charge is 0.299 e. The number of carbonyl (C=O) groups excluding carboxylic acids is 1. The van der Waals surface area contributed by atoms with E-state index < -0.39 is 0 Å². The van der Waals surface area contributed by atoms with Crippen molar-refractivity contribution in [2.45, 2.75) is 19.3 Å². The van der Waals surface area contributed by atoms with Crippen LogP contribution in [-0.2, 0) is 4.79 Å². The number of ketones is 1. The van der Waals surface area contributed by atoms with Crippen LogP contribution in [0.15, 0.2) is 12.7 Å². The number of allylic oxidation sites excluding steroid dienone is 1. The van der Waals surface area contributed by atoms with E-state index in [1.54, 1.807) is 0 Å². The van der Waals surface area contributed by atoms with Crippen LogP contribution in [0.2, 0.25) is 0 Å². The van der Waals surface area contributed by atoms with Crippen LogP contribution in [-0.4, -0.2) is 11.1 Å². The van der Waals surface area contributed by atoms with Crippen LogP contribution >= 0.6 is 15.9 Å². The molecule has 0 amide bonds. The van der Waals surface area contributed by atoms with Crippen LogP contribution in [0.25, 0.3) is 0 Å². The number of carbonyl (C=O) groups is 1. The standard InChI is InChI=1S/C7H11BrO/c1-2-3-4-5-7(9)6-8/h2H,1,3-6H2. The van der Waals surface area contributed by atoms with E-state index in [9.17, 15) is 4.79 Å². The molecule has 0 saturated carbocycles. The molecule has 0 unspecified atom stereocenters. The van der Waals surface area contributed by atoms with Gasteiger partial charge in [0.1, 0.15) is 5.78 Å². The summed E-state index contributed by atoms with van der Waals surface area (Å²) in [6.07, 6.45) is 4.39. The average Bonchev–Trinajstić information content (AvgIpc) is 1.89. The monoisotopic (exact) mass is 190 g/mol. The van der Waals surface area contributed by atoms with E-state index in [1.165, 1.54) is 0 Å². The number of halogens is 1. The van der Waals surface area contributed by atoms with Crippen molar-refractivity contribution in [3.8, 4) is 0 Å². The second-order valence-electron chi connectivity index (χ2n) is 1.85. The Morgan fingerprint density at radius 3 is 2.78 bits per heavy atom. The van der Waals surface area contributed by atoms with Crippen LogP contribution < -0.4 is 0 Å². The van der Waals surface area contributed by atoms with Gasteiger partial charge in [-0.25, -0.2) is 0 Å². The molecule has 0 bridgehead atoms. The molecule has 0 rings (SSSR count). The van der Waals surface area contributed by atoms with Gasteiger partial charge >= 0.3 is 0 Å². The molecule has 0 aliphatic heterocycles. The number of hydrogen-bond acceptors (Lipinski definition) is 1. The average molecular weight is 191 g/mol. The summed E-state index contributed by atoms with van der Waals surface area (Å²) in [5.74, 6) is 0.275. The zero-order chi connectivity index (χ0) is 7.11. The topological polar surface area (TPSA) is 17.1 Å². The van der Waals surface area contributed by atoms with E-state index in [0.29, 0.717) is 11.8 Å². The second kappa shape index (κ2) is 6.02. The smallest absolute Gasteiger partial charge is 0.143 e. The van der Waals surface area contributed by atoms with Crippen LogP contribution in [0, 0.1) is 0 Å². The minimum atomic E-state index is 0.275. The normalized spacial score (nSPS) is 9.00. The Morgan fingerprint density at radius 2 is 2.33 bits per heavy atom. The van der Waals surface area contributed by atoms with E-state index in [1.807, 2.05) is 6.08 Å². The van der Waals surface area contributed by atoms with E-state index in [-0.39, 0.29) is 5.78 Å². The Balaban J connectivity index is 3.06. The maximum absolute atomic E-state index is 10.6. The Bertz CT molecular complexity index is 99.1. The Labute approximate surface area is 64.3 Å². The van der Waals surface area contributed by atoms with Gasteiger partial charge in [0.2, 0.25) is 0 Å². The Hall–Kier alpha value is -0.110. The Morgan fingerprint density at radius 1 is 1.67 bits per heavy atom. The maximum atomic E-state index is 10.6. The molecule has 0 N–H and O–H groups in total. The molecule has 0 aromatic rings. The van der Waals surface area contributed by atoms with Gasteiger partial charge in [0.15, 0.2) is 0 Å². The second-order valence-corrected chi connectivity index (χ2v) is 2.41. The lowest BCUT2D eigenvalue weighted by molar-refractivity contribution is -0.116. The zero-order valence-electron chi connectivity index (χ0n) is 5.40. The number of alkyl halides is 1. The highest BCUT2D eigenvalue weighted by atomic mass is 79.9. The van der Waals surface area contributed by atoms with Gasteiger partial charge in [0, 0.05) is 6.42 Å². The number of rotatable bonds is 5. The number of hydrogen-bond donors (Lipinski definition) is 0. The minimum Gasteiger partial charge on any atom is -0.299 e. The van der Waals surface area contributed by atoms with Crippen molar-refractivity contribution in [1.82, 2.24) is 0 Å². The summed E-state index contributed by atoms with van der Waals surface area (Å²) in [4.78, 5) is 10.6.